The van der Waals surface area contributed by atoms with E-state index in [9.17, 15) is 27.6 Å². The number of piperidine rings is 1. The van der Waals surface area contributed by atoms with Crippen LogP contribution in [0.5, 0.6) is 0 Å². The molecule has 0 saturated carbocycles. The lowest BCUT2D eigenvalue weighted by Gasteiger charge is -2.28. The number of carbonyl (C=O) groups is 3. The van der Waals surface area contributed by atoms with E-state index in [4.69, 9.17) is 4.74 Å². The van der Waals surface area contributed by atoms with Crippen LogP contribution in [-0.4, -0.2) is 137 Å². The Morgan fingerprint density at radius 2 is 0.734 bits per heavy atom. The zero-order valence-corrected chi connectivity index (χ0v) is 59.2. The minimum atomic E-state index is -0.347. The predicted octanol–water partition coefficient (Wildman–Crippen LogP) is 16.1. The maximum atomic E-state index is 13.2. The number of ether oxygens (including phenoxy) is 1. The van der Waals surface area contributed by atoms with Crippen molar-refractivity contribution in [2.45, 2.75) is 25.8 Å². The Morgan fingerprint density at radius 3 is 1.09 bits per heavy atom. The number of halogens is 3. The van der Waals surface area contributed by atoms with E-state index in [-0.39, 0.29) is 40.9 Å². The summed E-state index contributed by atoms with van der Waals surface area (Å²) in [4.78, 5) is 72.4. The number of hydrogen-bond acceptors (Lipinski definition) is 16. The smallest absolute Gasteiger partial charge is 0.276 e. The molecule has 25 heteroatoms. The monoisotopic (exact) mass is 1450 g/mol. The molecule has 2 aliphatic rings. The molecule has 0 radical (unpaired) electrons. The molecule has 0 spiro atoms. The number of carbonyl (C=O) groups excluding carboxylic acids is 3. The number of benzene rings is 6. The van der Waals surface area contributed by atoms with Gasteiger partial charge in [0, 0.05) is 107 Å². The number of hydrogen-bond donors (Lipinski definition) is 6. The molecule has 0 atom stereocenters. The van der Waals surface area contributed by atoms with E-state index in [1.165, 1.54) is 55.7 Å². The summed E-state index contributed by atoms with van der Waals surface area (Å²) >= 11 is 0. The van der Waals surface area contributed by atoms with Gasteiger partial charge in [0.25, 0.3) is 17.7 Å². The van der Waals surface area contributed by atoms with Crippen molar-refractivity contribution in [3.63, 3.8) is 0 Å². The Bertz CT molecular complexity index is 5490. The second-order valence-corrected chi connectivity index (χ2v) is 26.5. The van der Waals surface area contributed by atoms with Crippen LogP contribution in [0.1, 0.15) is 56.3 Å². The van der Waals surface area contributed by atoms with Gasteiger partial charge in [0.1, 0.15) is 17.5 Å². The number of aromatic amines is 3. The maximum Gasteiger partial charge on any atom is 0.276 e. The molecule has 2 fully saturated rings. The van der Waals surface area contributed by atoms with Crippen LogP contribution in [0.4, 0.5) is 41.6 Å². The highest BCUT2D eigenvalue weighted by Crippen LogP contribution is 2.33. The summed E-state index contributed by atoms with van der Waals surface area (Å²) in [6.45, 7) is 5.95. The zero-order chi connectivity index (χ0) is 74.7. The highest BCUT2D eigenvalue weighted by atomic mass is 19.1. The third kappa shape index (κ3) is 16.9. The minimum Gasteiger partial charge on any atom is -0.378 e. The second kappa shape index (κ2) is 32.4. The topological polar surface area (TPSA) is 270 Å². The molecular formula is C84H71F3N18O4. The molecule has 6 aromatic carbocycles. The molecule has 0 bridgehead atoms. The summed E-state index contributed by atoms with van der Waals surface area (Å²) in [6, 6.07) is 52.9. The van der Waals surface area contributed by atoms with E-state index >= 15 is 0 Å². The van der Waals surface area contributed by atoms with Gasteiger partial charge in [-0.25, -0.2) is 13.2 Å². The Kier molecular flexibility index (Phi) is 21.1. The van der Waals surface area contributed by atoms with Crippen molar-refractivity contribution in [1.29, 1.82) is 0 Å². The van der Waals surface area contributed by atoms with Crippen LogP contribution in [0.25, 0.3) is 99.9 Å². The van der Waals surface area contributed by atoms with Gasteiger partial charge in [-0.2, -0.15) is 15.3 Å². The number of anilines is 5. The lowest BCUT2D eigenvalue weighted by molar-refractivity contribution is 0.101. The van der Waals surface area contributed by atoms with Crippen molar-refractivity contribution in [2.75, 3.05) is 79.2 Å². The van der Waals surface area contributed by atoms with E-state index in [1.54, 1.807) is 91.4 Å². The summed E-state index contributed by atoms with van der Waals surface area (Å²) in [5, 5.41) is 32.3. The van der Waals surface area contributed by atoms with Crippen molar-refractivity contribution in [2.24, 2.45) is 0 Å². The fourth-order valence-corrected chi connectivity index (χ4v) is 13.0. The molecule has 15 aromatic rings. The normalized spacial score (nSPS) is 12.8. The first kappa shape index (κ1) is 71.0. The van der Waals surface area contributed by atoms with E-state index in [2.05, 4.69) is 109 Å². The van der Waals surface area contributed by atoms with Crippen LogP contribution >= 0.6 is 0 Å². The third-order valence-electron chi connectivity index (χ3n) is 18.7. The van der Waals surface area contributed by atoms with E-state index < -0.39 is 0 Å². The van der Waals surface area contributed by atoms with Crippen molar-refractivity contribution in [3.05, 3.63) is 278 Å². The average Bonchev–Trinajstić information content (AvgIpc) is 1.69. The van der Waals surface area contributed by atoms with E-state index in [0.29, 0.717) is 69.5 Å². The number of rotatable bonds is 16. The Hall–Kier alpha value is -13.7. The van der Waals surface area contributed by atoms with E-state index in [0.717, 1.165) is 122 Å². The van der Waals surface area contributed by atoms with Crippen LogP contribution in [0.2, 0.25) is 0 Å². The molecule has 0 aliphatic carbocycles. The molecule has 22 nitrogen and oxygen atoms in total. The molecular weight excluding hydrogens is 1380 g/mol. The maximum absolute atomic E-state index is 13.2. The zero-order valence-electron chi connectivity index (χ0n) is 59.2. The van der Waals surface area contributed by atoms with Crippen molar-refractivity contribution in [3.8, 4) is 67.2 Å². The molecule has 6 N–H and O–H groups in total. The lowest BCUT2D eigenvalue weighted by Crippen LogP contribution is -2.36. The number of nitrogens with one attached hydrogen (secondary N) is 6. The number of H-pyrrole nitrogens is 3. The van der Waals surface area contributed by atoms with Gasteiger partial charge in [-0.3, -0.25) is 59.6 Å². The quantitative estimate of drug-likeness (QED) is 0.0525. The summed E-state index contributed by atoms with van der Waals surface area (Å²) in [7, 11) is 4.03. The van der Waals surface area contributed by atoms with Gasteiger partial charge in [-0.1, -0.05) is 18.2 Å². The summed E-state index contributed by atoms with van der Waals surface area (Å²) < 4.78 is 45.0. The van der Waals surface area contributed by atoms with Crippen LogP contribution < -0.4 is 25.8 Å². The Morgan fingerprint density at radius 1 is 0.385 bits per heavy atom. The highest BCUT2D eigenvalue weighted by molar-refractivity contribution is 6.13. The number of fused-ring (bicyclic) bond motifs is 3. The van der Waals surface area contributed by atoms with Gasteiger partial charge < -0.3 is 35.4 Å². The molecule has 542 valence electrons. The van der Waals surface area contributed by atoms with Crippen LogP contribution in [0.15, 0.2) is 238 Å². The number of aromatic nitrogens is 12. The SMILES string of the molecule is CN(C)Cc1cncc(-c2ccc3[nH]nc(C(=O)Nc4ccc(-c5ccc(F)cc5)nc4)c3c2)c1.O=C(Nc1ccc(-c2ccc(F)cc2)nc1)c1n[nH]c2ccc(-c3cncc(N4CCCCC4)c3)cc12.O=C(Nc1ccc(-c2ccc(F)cc2)nc1)c1n[nH]c2ccc(-c3cncc(N4CCOCC4)c3)cc12. The first-order valence-corrected chi connectivity index (χ1v) is 35.4. The molecule has 3 amide bonds. The van der Waals surface area contributed by atoms with Crippen LogP contribution in [0, 0.1) is 17.5 Å². The molecule has 9 aromatic heterocycles. The largest absolute Gasteiger partial charge is 0.378 e. The fourth-order valence-electron chi connectivity index (χ4n) is 13.0. The van der Waals surface area contributed by atoms with Gasteiger partial charge >= 0.3 is 0 Å². The van der Waals surface area contributed by atoms with Crippen molar-refractivity contribution < 1.29 is 32.3 Å². The lowest BCUT2D eigenvalue weighted by atomic mass is 10.0. The summed E-state index contributed by atoms with van der Waals surface area (Å²) in [5.41, 5.74) is 18.3. The van der Waals surface area contributed by atoms with Crippen LogP contribution in [0.3, 0.4) is 0 Å². The van der Waals surface area contributed by atoms with Crippen molar-refractivity contribution >= 4 is 78.9 Å². The van der Waals surface area contributed by atoms with Gasteiger partial charge in [0.2, 0.25) is 0 Å². The second-order valence-electron chi connectivity index (χ2n) is 26.5. The Labute approximate surface area is 623 Å². The van der Waals surface area contributed by atoms with Gasteiger partial charge in [0.15, 0.2) is 17.1 Å². The van der Waals surface area contributed by atoms with Gasteiger partial charge in [0.05, 0.1) is 106 Å². The molecule has 11 heterocycles. The molecule has 0 unspecified atom stereocenters. The molecule has 109 heavy (non-hydrogen) atoms. The molecule has 2 saturated heterocycles. The van der Waals surface area contributed by atoms with Crippen LogP contribution in [-0.2, 0) is 11.3 Å². The number of morpholine rings is 1. The third-order valence-corrected chi connectivity index (χ3v) is 18.7. The number of nitrogens with zero attached hydrogens (tertiary/aromatic N) is 12. The van der Waals surface area contributed by atoms with E-state index in [1.807, 2.05) is 106 Å². The standard InChI is InChI=1S/C29H25FN6O.C28H23FN6O2.C27H23FN6O/c30-22-7-4-19(5-8-22)26-11-9-23(17-32-26)33-29(37)28-25-15-20(6-10-27(25)34-35-28)21-14-24(18-31-16-21)36-12-2-1-3-13-36;29-21-4-1-18(2-5-21)25-8-6-22(16-31-25)32-28(36)27-24-14-19(3-7-26(24)33-34-27)20-13-23(17-30-15-20)35-9-11-37-12-10-35;1-34(2)16-17-11-20(14-29-13-17)19-5-9-25-23(12-19)26(33-32-25)27(35)31-22-8-10-24(30-15-22)18-3-6-21(28)7-4-18/h4-11,14-18H,1-3,12-13H2,(H,33,37)(H,34,35);1-8,13-17H,9-12H2,(H,32,36)(H,33,34);3-15H,16H2,1-2H3,(H,31,35)(H,32,33). The first-order chi connectivity index (χ1) is 53.2. The summed E-state index contributed by atoms with van der Waals surface area (Å²) in [6.07, 6.45) is 19.5. The average molecular weight is 1450 g/mol. The predicted molar refractivity (Wildman–Crippen MR) is 417 cm³/mol. The summed E-state index contributed by atoms with van der Waals surface area (Å²) in [5.74, 6) is -1.93. The minimum absolute atomic E-state index is 0.289. The first-order valence-electron chi connectivity index (χ1n) is 35.4. The van der Waals surface area contributed by atoms with Gasteiger partial charge in [-0.05, 0) is 219 Å². The van der Waals surface area contributed by atoms with Gasteiger partial charge in [-0.15, -0.1) is 0 Å². The highest BCUT2D eigenvalue weighted by Gasteiger charge is 2.22. The number of pyridine rings is 6. The molecule has 2 aliphatic heterocycles. The Balaban J connectivity index is 0.000000130. The molecule has 17 rings (SSSR count). The van der Waals surface area contributed by atoms with Crippen molar-refractivity contribution in [1.82, 2.24) is 65.4 Å². The number of amides is 3. The fraction of sp³-hybridized carbons (Fsp3) is 0.143.